The number of benzene rings is 3. The largest absolute Gasteiger partial charge is 0.491 e. The Kier molecular flexibility index (Phi) is 30.2. The number of carbonyl (C=O) groups excluding carboxylic acids is 2. The molecule has 0 radical (unpaired) electrons. The van der Waals surface area contributed by atoms with E-state index in [1.165, 1.54) is 62.7 Å². The Labute approximate surface area is 665 Å². The molecule has 5 aromatic heterocycles. The number of thiophene rings is 3. The number of fused-ring (bicyclic) bond motifs is 12. The average Bonchev–Trinajstić information content (AvgIpc) is 1.52. The monoisotopic (exact) mass is 1570 g/mol. The van der Waals surface area contributed by atoms with Crippen molar-refractivity contribution < 1.29 is 36.6 Å². The molecule has 110 heavy (non-hydrogen) atoms. The molecule has 11 rings (SSSR count). The summed E-state index contributed by atoms with van der Waals surface area (Å²) in [4.78, 5) is 31.2. The molecule has 5 unspecified atom stereocenters. The van der Waals surface area contributed by atoms with Crippen LogP contribution in [0.25, 0.3) is 68.0 Å². The molecule has 6 heterocycles. The molecule has 3 aliphatic rings. The van der Waals surface area contributed by atoms with Crippen LogP contribution in [0.3, 0.4) is 0 Å². The number of thioether (sulfide) groups is 1. The van der Waals surface area contributed by atoms with Gasteiger partial charge in [0.1, 0.15) is 46.9 Å². The van der Waals surface area contributed by atoms with E-state index < -0.39 is 34.8 Å². The fourth-order valence-corrected chi connectivity index (χ4v) is 22.5. The van der Waals surface area contributed by atoms with Gasteiger partial charge >= 0.3 is 0 Å². The molecule has 0 saturated carbocycles. The van der Waals surface area contributed by atoms with E-state index in [2.05, 4.69) is 70.6 Å². The number of carbonyl (C=O) groups is 2. The molecule has 0 amide bonds. The zero-order valence-electron chi connectivity index (χ0n) is 66.1. The third kappa shape index (κ3) is 18.1. The summed E-state index contributed by atoms with van der Waals surface area (Å²) in [6.45, 7) is 20.4. The summed E-state index contributed by atoms with van der Waals surface area (Å²) in [7, 11) is 0. The number of hydrogen-bond donors (Lipinski definition) is 0. The van der Waals surface area contributed by atoms with Crippen molar-refractivity contribution in [2.24, 2.45) is 23.7 Å². The summed E-state index contributed by atoms with van der Waals surface area (Å²) in [5, 5.41) is 43.4. The Balaban J connectivity index is 1.22. The number of unbranched alkanes of at least 4 members (excludes halogenated alkanes) is 18. The van der Waals surface area contributed by atoms with Crippen molar-refractivity contribution in [2.75, 3.05) is 13.2 Å². The minimum Gasteiger partial charge on any atom is -0.491 e. The lowest BCUT2D eigenvalue weighted by atomic mass is 9.93. The summed E-state index contributed by atoms with van der Waals surface area (Å²) in [6, 6.07) is 13.6. The zero-order chi connectivity index (χ0) is 78.1. The second-order valence-electron chi connectivity index (χ2n) is 31.2. The quantitative estimate of drug-likeness (QED) is 0.0157. The molecule has 18 heteroatoms. The molecule has 1 aliphatic heterocycles. The summed E-state index contributed by atoms with van der Waals surface area (Å²) < 4.78 is 86.7. The highest BCUT2D eigenvalue weighted by molar-refractivity contribution is 8.00. The first kappa shape index (κ1) is 83.5. The molecule has 0 N–H and O–H groups in total. The molecular formula is C92H110F4N6O4S4. The first-order chi connectivity index (χ1) is 53.6. The van der Waals surface area contributed by atoms with E-state index in [1.54, 1.807) is 40.5 Å². The molecule has 0 bridgehead atoms. The summed E-state index contributed by atoms with van der Waals surface area (Å²) in [5.74, 6) is -3.08. The van der Waals surface area contributed by atoms with E-state index in [0.29, 0.717) is 42.9 Å². The lowest BCUT2D eigenvalue weighted by molar-refractivity contribution is 0.103. The van der Waals surface area contributed by atoms with Crippen LogP contribution in [0.2, 0.25) is 0 Å². The number of Topliss-reactive ketones (excluding diaryl/α,β-unsaturated/α-hetero) is 2. The third-order valence-corrected chi connectivity index (χ3v) is 28.4. The van der Waals surface area contributed by atoms with E-state index in [4.69, 9.17) is 9.47 Å². The Morgan fingerprint density at radius 1 is 0.464 bits per heavy atom. The topological polar surface area (TPSA) is 158 Å². The van der Waals surface area contributed by atoms with Crippen LogP contribution >= 0.6 is 45.8 Å². The van der Waals surface area contributed by atoms with Crippen molar-refractivity contribution in [3.05, 3.63) is 115 Å². The Bertz CT molecular complexity index is 4940. The maximum absolute atomic E-state index is 15.3. The number of hydrogen-bond acceptors (Lipinski definition) is 12. The predicted molar refractivity (Wildman–Crippen MR) is 449 cm³/mol. The van der Waals surface area contributed by atoms with Crippen molar-refractivity contribution >= 4 is 125 Å². The van der Waals surface area contributed by atoms with Crippen molar-refractivity contribution in [3.8, 4) is 35.8 Å². The second kappa shape index (κ2) is 39.8. The van der Waals surface area contributed by atoms with Crippen molar-refractivity contribution in [1.82, 2.24) is 9.13 Å². The van der Waals surface area contributed by atoms with Crippen molar-refractivity contribution in [2.45, 2.75) is 291 Å². The number of ether oxygens (including phenoxy) is 2. The SMILES string of the molecule is CCCCCCCCC(CCCCCC)Cn1c2c(c3sc4c(OCC(CC)CCCC)c5c(sc6c7sc(/C=C8\C(=O)c9cc(F)c(F)cc9C8=C(C#N)C#N)cc7n(CC(CCCCCC)CCCCCCCC)c65)c(OCC(CC)CCCC)c4c31)SC(/C=C1\C(=O)c3cc(F)c(F)cc3C1=C(C#N)C#N)C2. The molecule has 584 valence electrons. The van der Waals surface area contributed by atoms with Crippen LogP contribution in [0, 0.1) is 92.3 Å². The van der Waals surface area contributed by atoms with Crippen LogP contribution in [0.15, 0.2) is 63.6 Å². The fraction of sp³-hybridized carbons (Fsp3) is 0.543. The van der Waals surface area contributed by atoms with Crippen molar-refractivity contribution in [1.29, 1.82) is 21.0 Å². The molecule has 5 atom stereocenters. The van der Waals surface area contributed by atoms with Gasteiger partial charge in [-0.15, -0.1) is 45.8 Å². The number of aromatic nitrogens is 2. The number of nitriles is 4. The lowest BCUT2D eigenvalue weighted by Gasteiger charge is -2.23. The van der Waals surface area contributed by atoms with Gasteiger partial charge in [0.15, 0.2) is 34.8 Å². The number of halogens is 4. The standard InChI is InChI=1S/C92H110F4N6O4S4/c1-9-17-23-27-29-33-39-59(37-31-25-19-11-3)53-101-75-43-63(41-69-77(61(49-97)50-98)65-45-71(93)73(95)47-67(65)83(69)103)107-87(75)91-81(101)79-85(105-55-57(15-7)35-21-13-5)90-80(86(89(79)109-91)106-56-58(16-8)36-22-14-6)82-92(110-90)88-76(102(82)54-60(38-32-26-20-12-4)40-34-30-28-24-18-10-2)44-64(108-88)42-70-78(62(51-99)52-100)66-46-72(94)74(96)48-68(66)84(70)104/h41-43,45-48,57-60,64H,9-40,44,53-56H2,1-8H3/b69-41-,70-42-. The third-order valence-electron chi connectivity index (χ3n) is 23.4. The van der Waals surface area contributed by atoms with E-state index in [0.717, 1.165) is 258 Å². The highest BCUT2D eigenvalue weighted by Gasteiger charge is 2.41. The highest BCUT2D eigenvalue weighted by atomic mass is 32.2. The van der Waals surface area contributed by atoms with Crippen LogP contribution < -0.4 is 9.47 Å². The van der Waals surface area contributed by atoms with E-state index in [-0.39, 0.29) is 72.8 Å². The molecule has 2 aliphatic carbocycles. The highest BCUT2D eigenvalue weighted by Crippen LogP contribution is 2.61. The van der Waals surface area contributed by atoms with Gasteiger partial charge in [0.2, 0.25) is 0 Å². The number of ketones is 2. The van der Waals surface area contributed by atoms with Gasteiger partial charge < -0.3 is 18.6 Å². The van der Waals surface area contributed by atoms with E-state index >= 15 is 17.6 Å². The summed E-state index contributed by atoms with van der Waals surface area (Å²) >= 11 is 6.68. The van der Waals surface area contributed by atoms with Crippen LogP contribution in [-0.4, -0.2) is 39.2 Å². The smallest absolute Gasteiger partial charge is 0.194 e. The van der Waals surface area contributed by atoms with Crippen LogP contribution in [0.1, 0.15) is 303 Å². The van der Waals surface area contributed by atoms with Gasteiger partial charge in [-0.2, -0.15) is 21.0 Å². The van der Waals surface area contributed by atoms with Crippen LogP contribution in [-0.2, 0) is 19.5 Å². The second-order valence-corrected chi connectivity index (χ2v) is 35.6. The number of rotatable bonds is 44. The van der Waals surface area contributed by atoms with Gasteiger partial charge in [-0.25, -0.2) is 17.6 Å². The van der Waals surface area contributed by atoms with Crippen molar-refractivity contribution in [3.63, 3.8) is 0 Å². The van der Waals surface area contributed by atoms with Gasteiger partial charge in [-0.3, -0.25) is 9.59 Å². The van der Waals surface area contributed by atoms with Crippen LogP contribution in [0.4, 0.5) is 17.6 Å². The predicted octanol–water partition coefficient (Wildman–Crippen LogP) is 28.4. The average molecular weight is 1570 g/mol. The van der Waals surface area contributed by atoms with Crippen LogP contribution in [0.5, 0.6) is 11.5 Å². The maximum atomic E-state index is 15.3. The number of nitrogens with zero attached hydrogens (tertiary/aromatic N) is 6. The van der Waals surface area contributed by atoms with Gasteiger partial charge in [0.25, 0.3) is 0 Å². The normalized spacial score (nSPS) is 15.9. The lowest BCUT2D eigenvalue weighted by Crippen LogP contribution is -2.15. The van der Waals surface area contributed by atoms with Gasteiger partial charge in [0.05, 0.1) is 64.0 Å². The molecular weight excluding hydrogens is 1460 g/mol. The fourth-order valence-electron chi connectivity index (χ4n) is 17.1. The number of allylic oxidation sites excluding steroid dienone is 6. The van der Waals surface area contributed by atoms with E-state index in [9.17, 15) is 30.6 Å². The zero-order valence-corrected chi connectivity index (χ0v) is 69.3. The Morgan fingerprint density at radius 2 is 0.855 bits per heavy atom. The maximum Gasteiger partial charge on any atom is 0.194 e. The van der Waals surface area contributed by atoms with Gasteiger partial charge in [-0.1, -0.05) is 228 Å². The van der Waals surface area contributed by atoms with Gasteiger partial charge in [-0.05, 0) is 110 Å². The minimum atomic E-state index is -1.19. The summed E-state index contributed by atoms with van der Waals surface area (Å²) in [6.07, 6.45) is 39.6. The Morgan fingerprint density at radius 3 is 1.31 bits per heavy atom. The molecule has 3 aromatic carbocycles. The first-order valence-corrected chi connectivity index (χ1v) is 45.0. The molecule has 10 nitrogen and oxygen atoms in total. The minimum absolute atomic E-state index is 0.00922. The molecule has 0 spiro atoms. The first-order valence-electron chi connectivity index (χ1n) is 41.6. The summed E-state index contributed by atoms with van der Waals surface area (Å²) in [5.41, 5.74) is 3.61. The molecule has 8 aromatic rings. The Hall–Kier alpha value is -7.45. The molecule has 0 fully saturated rings. The molecule has 0 saturated heterocycles. The van der Waals surface area contributed by atoms with Gasteiger partial charge in [0, 0.05) is 73.6 Å². The van der Waals surface area contributed by atoms with E-state index in [1.807, 2.05) is 30.4 Å².